The lowest BCUT2D eigenvalue weighted by Gasteiger charge is -2.46. The van der Waals surface area contributed by atoms with Gasteiger partial charge in [0.25, 0.3) is 0 Å². The molecule has 292 valence electrons. The number of anilines is 1. The topological polar surface area (TPSA) is 98.7 Å². The number of aryl methyl sites for hydroxylation is 1. The number of piperazine rings is 1. The van der Waals surface area contributed by atoms with Gasteiger partial charge in [-0.1, -0.05) is 25.1 Å². The van der Waals surface area contributed by atoms with Crippen LogP contribution in [0.25, 0.3) is 32.8 Å². The van der Waals surface area contributed by atoms with Crippen LogP contribution in [0.3, 0.4) is 0 Å². The maximum Gasteiger partial charge on any atom is 0.410 e. The average molecular weight is 758 g/mol. The second kappa shape index (κ2) is 13.6. The molecule has 13 heteroatoms. The van der Waals surface area contributed by atoms with Gasteiger partial charge in [-0.15, -0.1) is 0 Å². The van der Waals surface area contributed by atoms with Crippen molar-refractivity contribution in [3.05, 3.63) is 47.8 Å². The molecule has 3 aromatic carbocycles. The SMILES string of the molecule is CCc1cccc2cc(OCOC)cc(-c3cc4c5c(nc(OC[C@@]67CCCN6C[C@@H](F)C7)nc5c3F)N3C[C@@H]5CC[C@H]([C@@H]3CO4)N5C(=O)OC(C)(C)C)c12. The molecule has 0 aliphatic carbocycles. The van der Waals surface area contributed by atoms with Crippen LogP contribution in [0.5, 0.6) is 17.5 Å². The molecule has 4 saturated heterocycles. The Labute approximate surface area is 319 Å². The number of rotatable bonds is 8. The summed E-state index contributed by atoms with van der Waals surface area (Å²) in [6, 6.07) is 11.0. The molecule has 55 heavy (non-hydrogen) atoms. The molecular weight excluding hydrogens is 708 g/mol. The lowest BCUT2D eigenvalue weighted by Crippen LogP contribution is -2.63. The molecule has 6 heterocycles. The van der Waals surface area contributed by atoms with E-state index in [0.29, 0.717) is 53.3 Å². The summed E-state index contributed by atoms with van der Waals surface area (Å²) in [4.78, 5) is 29.7. The largest absolute Gasteiger partial charge is 0.490 e. The Morgan fingerprint density at radius 1 is 1.05 bits per heavy atom. The standard InChI is InChI=1S/C42H49F2N5O6/c1-6-24-9-7-10-25-15-28(54-23-51-5)16-29(34(24)25)30-17-33-35-37(36(30)44)45-39(53-22-42-13-8-14-47(42)19-26(43)18-42)46-38(35)48-20-27-11-12-31(32(48)21-52-33)49(27)40(50)55-41(2,3)4/h7,9-10,15-17,26-27,31-32H,6,8,11-14,18-23H2,1-5H3/t26-,27-,31+,32-,42-/m0/s1. The molecule has 5 aliphatic rings. The smallest absolute Gasteiger partial charge is 0.410 e. The van der Waals surface area contributed by atoms with Crippen LogP contribution in [-0.2, 0) is 15.9 Å². The van der Waals surface area contributed by atoms with Crippen LogP contribution in [0.1, 0.15) is 65.4 Å². The Morgan fingerprint density at radius 2 is 1.91 bits per heavy atom. The highest BCUT2D eigenvalue weighted by atomic mass is 19.1. The Hall–Kier alpha value is -4.49. The highest BCUT2D eigenvalue weighted by Crippen LogP contribution is 2.48. The van der Waals surface area contributed by atoms with Crippen molar-refractivity contribution < 1.29 is 37.3 Å². The summed E-state index contributed by atoms with van der Waals surface area (Å²) >= 11 is 0. The van der Waals surface area contributed by atoms with Crippen LogP contribution >= 0.6 is 0 Å². The quantitative estimate of drug-likeness (QED) is 0.169. The maximum absolute atomic E-state index is 17.6. The number of hydrogen-bond acceptors (Lipinski definition) is 10. The molecule has 0 spiro atoms. The van der Waals surface area contributed by atoms with Crippen LogP contribution in [0.2, 0.25) is 0 Å². The zero-order valence-electron chi connectivity index (χ0n) is 32.2. The third kappa shape index (κ3) is 6.18. The number of amides is 1. The Morgan fingerprint density at radius 3 is 2.71 bits per heavy atom. The molecule has 4 fully saturated rings. The number of ether oxygens (including phenoxy) is 5. The van der Waals surface area contributed by atoms with Gasteiger partial charge in [-0.2, -0.15) is 9.97 Å². The second-order valence-corrected chi connectivity index (χ2v) is 16.8. The number of aromatic nitrogens is 2. The van der Waals surface area contributed by atoms with Gasteiger partial charge < -0.3 is 28.6 Å². The number of fused-ring (bicyclic) bond motifs is 7. The van der Waals surface area contributed by atoms with Crippen molar-refractivity contribution in [2.24, 2.45) is 0 Å². The lowest BCUT2D eigenvalue weighted by atomic mass is 9.92. The molecule has 0 saturated carbocycles. The molecular formula is C42H49F2N5O6. The number of alkyl halides is 1. The van der Waals surface area contributed by atoms with E-state index in [1.165, 1.54) is 0 Å². The molecule has 0 N–H and O–H groups in total. The first-order valence-corrected chi connectivity index (χ1v) is 19.6. The fourth-order valence-corrected chi connectivity index (χ4v) is 9.89. The van der Waals surface area contributed by atoms with E-state index >= 15 is 4.39 Å². The van der Waals surface area contributed by atoms with Gasteiger partial charge in [-0.3, -0.25) is 9.80 Å². The van der Waals surface area contributed by atoms with E-state index in [-0.39, 0.29) is 55.8 Å². The minimum absolute atomic E-state index is 0.0338. The van der Waals surface area contributed by atoms with Gasteiger partial charge in [0.1, 0.15) is 47.8 Å². The first-order valence-electron chi connectivity index (χ1n) is 19.6. The van der Waals surface area contributed by atoms with Gasteiger partial charge in [-0.25, -0.2) is 13.6 Å². The minimum Gasteiger partial charge on any atom is -0.490 e. The summed E-state index contributed by atoms with van der Waals surface area (Å²) in [6.45, 7) is 9.83. The summed E-state index contributed by atoms with van der Waals surface area (Å²) < 4.78 is 62.6. The number of nitrogens with zero attached hydrogens (tertiary/aromatic N) is 5. The highest BCUT2D eigenvalue weighted by molar-refractivity contribution is 6.05. The highest BCUT2D eigenvalue weighted by Gasteiger charge is 2.52. The first-order chi connectivity index (χ1) is 26.5. The minimum atomic E-state index is -0.922. The molecule has 0 radical (unpaired) electrons. The van der Waals surface area contributed by atoms with E-state index in [1.54, 1.807) is 13.2 Å². The summed E-state index contributed by atoms with van der Waals surface area (Å²) in [5, 5.41) is 2.27. The summed E-state index contributed by atoms with van der Waals surface area (Å²) in [5.74, 6) is 0.959. The van der Waals surface area contributed by atoms with Crippen LogP contribution in [0.15, 0.2) is 36.4 Å². The predicted molar refractivity (Wildman–Crippen MR) is 204 cm³/mol. The van der Waals surface area contributed by atoms with Crippen LogP contribution in [-0.4, -0.2) is 108 Å². The van der Waals surface area contributed by atoms with Crippen molar-refractivity contribution >= 4 is 33.6 Å². The molecule has 1 aromatic heterocycles. The summed E-state index contributed by atoms with van der Waals surface area (Å²) in [6.07, 6.45) is 3.20. The number of methoxy groups -OCH3 is 1. The summed E-state index contributed by atoms with van der Waals surface area (Å²) in [5.41, 5.74) is 0.992. The normalized spacial score (nSPS) is 25.9. The molecule has 0 unspecified atom stereocenters. The third-order valence-electron chi connectivity index (χ3n) is 12.2. The van der Waals surface area contributed by atoms with E-state index in [0.717, 1.165) is 55.0 Å². The van der Waals surface area contributed by atoms with E-state index < -0.39 is 23.1 Å². The fourth-order valence-electron chi connectivity index (χ4n) is 9.89. The predicted octanol–water partition coefficient (Wildman–Crippen LogP) is 7.44. The van der Waals surface area contributed by atoms with Gasteiger partial charge in [0.15, 0.2) is 12.6 Å². The monoisotopic (exact) mass is 757 g/mol. The second-order valence-electron chi connectivity index (χ2n) is 16.8. The fraction of sp³-hybridized carbons (Fsp3) is 0.548. The Kier molecular flexibility index (Phi) is 8.95. The van der Waals surface area contributed by atoms with Gasteiger partial charge in [0.2, 0.25) is 0 Å². The van der Waals surface area contributed by atoms with Crippen LogP contribution < -0.4 is 19.1 Å². The molecule has 2 bridgehead atoms. The number of halogens is 2. The zero-order chi connectivity index (χ0) is 38.2. The number of hydrogen-bond donors (Lipinski definition) is 0. The maximum atomic E-state index is 17.6. The Balaban J connectivity index is 1.20. The van der Waals surface area contributed by atoms with Crippen molar-refractivity contribution in [2.75, 3.05) is 51.7 Å². The number of benzene rings is 3. The van der Waals surface area contributed by atoms with Gasteiger partial charge in [0, 0.05) is 32.2 Å². The van der Waals surface area contributed by atoms with Crippen molar-refractivity contribution in [1.29, 1.82) is 0 Å². The van der Waals surface area contributed by atoms with E-state index in [1.807, 2.05) is 49.9 Å². The molecule has 11 nitrogen and oxygen atoms in total. The van der Waals surface area contributed by atoms with Crippen LogP contribution in [0.4, 0.5) is 19.4 Å². The van der Waals surface area contributed by atoms with Gasteiger partial charge in [-0.05, 0) is 99.5 Å². The molecule has 1 amide bonds. The molecule has 9 rings (SSSR count). The van der Waals surface area contributed by atoms with Gasteiger partial charge >= 0.3 is 12.1 Å². The van der Waals surface area contributed by atoms with Gasteiger partial charge in [0.05, 0.1) is 29.1 Å². The molecule has 5 atom stereocenters. The summed E-state index contributed by atoms with van der Waals surface area (Å²) in [7, 11) is 1.56. The van der Waals surface area contributed by atoms with Crippen molar-refractivity contribution in [3.8, 4) is 28.6 Å². The van der Waals surface area contributed by atoms with E-state index in [9.17, 15) is 9.18 Å². The first kappa shape index (κ1) is 36.2. The van der Waals surface area contributed by atoms with Crippen molar-refractivity contribution in [2.45, 2.75) is 102 Å². The van der Waals surface area contributed by atoms with E-state index in [4.69, 9.17) is 33.7 Å². The number of carbonyl (C=O) groups excluding carboxylic acids is 1. The molecule has 4 aromatic rings. The molecule has 5 aliphatic heterocycles. The van der Waals surface area contributed by atoms with E-state index in [2.05, 4.69) is 22.8 Å². The Bertz CT molecular complexity index is 2160. The third-order valence-corrected chi connectivity index (χ3v) is 12.2. The van der Waals surface area contributed by atoms with Crippen molar-refractivity contribution in [1.82, 2.24) is 19.8 Å². The number of carbonyl (C=O) groups is 1. The lowest BCUT2D eigenvalue weighted by molar-refractivity contribution is 0.00544. The average Bonchev–Trinajstić information content (AvgIpc) is 3.76. The van der Waals surface area contributed by atoms with Crippen LogP contribution in [0, 0.1) is 5.82 Å². The van der Waals surface area contributed by atoms with Crippen molar-refractivity contribution in [3.63, 3.8) is 0 Å². The zero-order valence-corrected chi connectivity index (χ0v) is 32.2.